The lowest BCUT2D eigenvalue weighted by Crippen LogP contribution is -2.36. The molecule has 198 valence electrons. The van der Waals surface area contributed by atoms with Gasteiger partial charge in [0.1, 0.15) is 5.69 Å². The average molecular weight is 560 g/mol. The second-order valence-electron chi connectivity index (χ2n) is 7.67. The molecule has 4 N–H and O–H groups in total. The van der Waals surface area contributed by atoms with Gasteiger partial charge in [-0.15, -0.1) is 4.80 Å². The Bertz CT molecular complexity index is 1740. The Morgan fingerprint density at radius 3 is 2.36 bits per heavy atom. The van der Waals surface area contributed by atoms with Crippen LogP contribution in [0.25, 0.3) is 17.0 Å². The van der Waals surface area contributed by atoms with Crippen LogP contribution >= 0.6 is 11.6 Å². The van der Waals surface area contributed by atoms with E-state index in [1.54, 1.807) is 0 Å². The van der Waals surface area contributed by atoms with Crippen LogP contribution in [0.1, 0.15) is 26.5 Å². The summed E-state index contributed by atoms with van der Waals surface area (Å²) in [6.07, 6.45) is 0.898. The molecule has 14 nitrogen and oxygen atoms in total. The maximum atomic E-state index is 14.2. The molecule has 0 aromatic carbocycles. The summed E-state index contributed by atoms with van der Waals surface area (Å²) >= 11 is 6.17. The zero-order valence-electron chi connectivity index (χ0n) is 19.1. The molecule has 0 radical (unpaired) electrons. The van der Waals surface area contributed by atoms with Crippen LogP contribution in [0.5, 0.6) is 0 Å². The zero-order chi connectivity index (χ0) is 27.9. The van der Waals surface area contributed by atoms with Gasteiger partial charge in [-0.2, -0.15) is 33.6 Å². The van der Waals surface area contributed by atoms with Crippen molar-refractivity contribution >= 4 is 40.7 Å². The maximum absolute atomic E-state index is 14.2. The molecule has 0 spiro atoms. The number of pyridine rings is 2. The summed E-state index contributed by atoms with van der Waals surface area (Å²) in [5.41, 5.74) is 2.45. The molecule has 5 aromatic heterocycles. The van der Waals surface area contributed by atoms with Crippen molar-refractivity contribution in [1.29, 1.82) is 0 Å². The Morgan fingerprint density at radius 1 is 0.949 bits per heavy atom. The number of imide groups is 1. The van der Waals surface area contributed by atoms with Gasteiger partial charge in [-0.1, -0.05) is 11.6 Å². The number of anilines is 1. The van der Waals surface area contributed by atoms with Crippen molar-refractivity contribution in [2.75, 3.05) is 5.32 Å². The third kappa shape index (κ3) is 4.73. The van der Waals surface area contributed by atoms with E-state index in [0.29, 0.717) is 4.68 Å². The third-order valence-electron chi connectivity index (χ3n) is 5.20. The molecule has 39 heavy (non-hydrogen) atoms. The highest BCUT2D eigenvalue weighted by atomic mass is 35.5. The number of alkyl halides is 3. The number of carbonyl (C=O) groups is 3. The van der Waals surface area contributed by atoms with E-state index >= 15 is 0 Å². The number of rotatable bonds is 5. The summed E-state index contributed by atoms with van der Waals surface area (Å²) in [7, 11) is 0. The van der Waals surface area contributed by atoms with Crippen LogP contribution < -0.4 is 16.4 Å². The van der Waals surface area contributed by atoms with Crippen molar-refractivity contribution in [3.05, 3.63) is 77.2 Å². The molecule has 18 heteroatoms. The fourth-order valence-electron chi connectivity index (χ4n) is 3.67. The predicted molar refractivity (Wildman–Crippen MR) is 126 cm³/mol. The van der Waals surface area contributed by atoms with E-state index in [0.717, 1.165) is 27.6 Å². The lowest BCUT2D eigenvalue weighted by Gasteiger charge is -2.14. The Balaban J connectivity index is 1.52. The van der Waals surface area contributed by atoms with E-state index in [-0.39, 0.29) is 33.4 Å². The van der Waals surface area contributed by atoms with Crippen molar-refractivity contribution in [3.8, 4) is 11.5 Å². The van der Waals surface area contributed by atoms with Gasteiger partial charge >= 0.3 is 12.2 Å². The topological polar surface area (TPSA) is 180 Å². The number of nitrogens with zero attached hydrogens (tertiary/aromatic N) is 8. The molecule has 0 atom stereocenters. The highest BCUT2D eigenvalue weighted by Gasteiger charge is 2.41. The largest absolute Gasteiger partial charge is 0.434 e. The van der Waals surface area contributed by atoms with Gasteiger partial charge in [-0.3, -0.25) is 14.9 Å². The van der Waals surface area contributed by atoms with Crippen molar-refractivity contribution in [1.82, 2.24) is 44.7 Å². The highest BCUT2D eigenvalue weighted by molar-refractivity contribution is 6.32. The van der Waals surface area contributed by atoms with E-state index in [9.17, 15) is 27.6 Å². The van der Waals surface area contributed by atoms with Crippen molar-refractivity contribution in [2.45, 2.75) is 6.18 Å². The molecule has 0 saturated heterocycles. The molecule has 0 saturated carbocycles. The van der Waals surface area contributed by atoms with E-state index in [2.05, 4.69) is 30.7 Å². The Kier molecular flexibility index (Phi) is 6.19. The number of hydrogen-bond acceptors (Lipinski definition) is 8. The Labute approximate surface area is 219 Å². The summed E-state index contributed by atoms with van der Waals surface area (Å²) in [4.78, 5) is 41.4. The first-order valence-electron chi connectivity index (χ1n) is 10.6. The minimum atomic E-state index is -5.03. The molecule has 5 rings (SSSR count). The molecule has 5 heterocycles. The molecule has 0 aliphatic heterocycles. The van der Waals surface area contributed by atoms with E-state index in [1.807, 2.05) is 5.32 Å². The Morgan fingerprint density at radius 2 is 1.69 bits per heavy atom. The second kappa shape index (κ2) is 9.53. The number of nitrogens with one attached hydrogen (secondary N) is 2. The van der Waals surface area contributed by atoms with Crippen LogP contribution in [0, 0.1) is 0 Å². The van der Waals surface area contributed by atoms with Crippen molar-refractivity contribution < 1.29 is 27.6 Å². The number of hydrogen-bond donors (Lipinski definition) is 3. The lowest BCUT2D eigenvalue weighted by molar-refractivity contribution is -0.143. The predicted octanol–water partition coefficient (Wildman–Crippen LogP) is 2.23. The molecule has 0 unspecified atom stereocenters. The first-order valence-corrected chi connectivity index (χ1v) is 11.0. The first kappa shape index (κ1) is 25.3. The van der Waals surface area contributed by atoms with Crippen LogP contribution in [0.2, 0.25) is 5.02 Å². The summed E-state index contributed by atoms with van der Waals surface area (Å²) in [5, 5.41) is 19.7. The van der Waals surface area contributed by atoms with Gasteiger partial charge in [0.15, 0.2) is 11.5 Å². The number of primary amides is 1. The molecule has 0 aliphatic carbocycles. The van der Waals surface area contributed by atoms with Crippen molar-refractivity contribution in [3.63, 3.8) is 0 Å². The highest BCUT2D eigenvalue weighted by Crippen LogP contribution is 2.35. The monoisotopic (exact) mass is 559 g/mol. The normalized spacial score (nSPS) is 11.5. The summed E-state index contributed by atoms with van der Waals surface area (Å²) < 4.78 is 44.2. The second-order valence-corrected chi connectivity index (χ2v) is 8.08. The van der Waals surface area contributed by atoms with Crippen molar-refractivity contribution in [2.24, 2.45) is 5.73 Å². The van der Waals surface area contributed by atoms with Gasteiger partial charge in [0.2, 0.25) is 0 Å². The quantitative estimate of drug-likeness (QED) is 0.293. The van der Waals surface area contributed by atoms with Gasteiger partial charge in [0.25, 0.3) is 11.8 Å². The fourth-order valence-corrected chi connectivity index (χ4v) is 3.91. The van der Waals surface area contributed by atoms with Crippen LogP contribution in [0.15, 0.2) is 55.2 Å². The summed E-state index contributed by atoms with van der Waals surface area (Å²) in [5.74, 6) is -1.93. The molecule has 0 bridgehead atoms. The molecular weight excluding hydrogens is 547 g/mol. The van der Waals surface area contributed by atoms with Crippen LogP contribution in [0.4, 0.5) is 23.7 Å². The van der Waals surface area contributed by atoms with E-state index in [4.69, 9.17) is 17.3 Å². The molecule has 5 aromatic rings. The van der Waals surface area contributed by atoms with Gasteiger partial charge in [-0.25, -0.2) is 19.0 Å². The number of fused-ring (bicyclic) bond motifs is 1. The van der Waals surface area contributed by atoms with Crippen LogP contribution in [-0.4, -0.2) is 57.2 Å². The lowest BCUT2D eigenvalue weighted by atomic mass is 10.2. The van der Waals surface area contributed by atoms with Gasteiger partial charge < -0.3 is 11.1 Å². The molecule has 0 aliphatic rings. The third-order valence-corrected chi connectivity index (χ3v) is 5.48. The number of amides is 4. The molecule has 0 fully saturated rings. The number of urea groups is 1. The maximum Gasteiger partial charge on any atom is 0.434 e. The van der Waals surface area contributed by atoms with E-state index in [1.165, 1.54) is 36.9 Å². The standard InChI is InChI=1S/C21H13ClF3N11O3/c22-12-7-10(8-27-17(12)36-29-5-6-30-36)32-18(37)11-9-31-35(16(11)21(23,24)25)13-1-2-15(19(38)33-20(26)39)34-14(13)3-4-28-34/h1-9H,(H,32,37)(H3,26,33,38,39). The molecular formula is C21H13ClF3N11O3. The SMILES string of the molecule is NC(=O)NC(=O)c1ccc(-n2ncc(C(=O)Nc3cnc(-n4nccn4)c(Cl)c3)c2C(F)(F)F)c2ccnn12. The first-order chi connectivity index (χ1) is 18.5. The Hall–Kier alpha value is -5.32. The van der Waals surface area contributed by atoms with Crippen LogP contribution in [-0.2, 0) is 6.18 Å². The number of halogens is 4. The smallest absolute Gasteiger partial charge is 0.351 e. The number of aromatic nitrogens is 8. The summed E-state index contributed by atoms with van der Waals surface area (Å²) in [6.45, 7) is 0. The minimum absolute atomic E-state index is 0.00442. The number of nitrogens with two attached hydrogens (primary N) is 1. The number of carbonyl (C=O) groups excluding carboxylic acids is 3. The van der Waals surface area contributed by atoms with Gasteiger partial charge in [0, 0.05) is 0 Å². The summed E-state index contributed by atoms with van der Waals surface area (Å²) in [6, 6.07) is 3.74. The van der Waals surface area contributed by atoms with Gasteiger partial charge in [-0.05, 0) is 24.3 Å². The van der Waals surface area contributed by atoms with E-state index < -0.39 is 35.3 Å². The zero-order valence-corrected chi connectivity index (χ0v) is 19.8. The fraction of sp³-hybridized carbons (Fsp3) is 0.0476. The molecule has 4 amide bonds. The van der Waals surface area contributed by atoms with Gasteiger partial charge in [0.05, 0.1) is 58.5 Å². The minimum Gasteiger partial charge on any atom is -0.351 e. The average Bonchev–Trinajstić information content (AvgIpc) is 3.63. The van der Waals surface area contributed by atoms with Crippen LogP contribution in [0.3, 0.4) is 0 Å².